The Kier molecular flexibility index (Phi) is 7.95. The van der Waals surface area contributed by atoms with Crippen LogP contribution in [0.5, 0.6) is 28.7 Å². The molecule has 0 bridgehead atoms. The zero-order chi connectivity index (χ0) is 26.8. The summed E-state index contributed by atoms with van der Waals surface area (Å²) < 4.78 is 29.2. The second kappa shape index (κ2) is 11.7. The first-order valence-electron chi connectivity index (χ1n) is 12.8. The summed E-state index contributed by atoms with van der Waals surface area (Å²) in [5, 5.41) is 2.38. The van der Waals surface area contributed by atoms with E-state index in [0.29, 0.717) is 21.8 Å². The van der Waals surface area contributed by atoms with E-state index in [1.807, 2.05) is 35.3 Å². The highest BCUT2D eigenvalue weighted by Crippen LogP contribution is 2.54. The molecule has 1 atom stereocenters. The highest BCUT2D eigenvalue weighted by molar-refractivity contribution is 8.16. The first-order valence-corrected chi connectivity index (χ1v) is 15.8. The second-order valence-corrected chi connectivity index (χ2v) is 13.1. The predicted molar refractivity (Wildman–Crippen MR) is 163 cm³/mol. The molecule has 1 unspecified atom stereocenters. The van der Waals surface area contributed by atoms with Gasteiger partial charge in [0.2, 0.25) is 12.5 Å². The lowest BCUT2D eigenvalue weighted by Crippen LogP contribution is -2.08. The second-order valence-electron chi connectivity index (χ2n) is 9.23. The maximum atomic E-state index is 5.89. The van der Waals surface area contributed by atoms with E-state index in [9.17, 15) is 0 Å². The standard InChI is InChI=1S/C31H30O5S3/c1-32-27-14-21(15-28(33-2)29(27)34-3)30(39-22-10-9-19-7-4-5-8-20(19)13-22)23-16-25-26(36-18-35-25)17-24(23)31-37-11-6-12-38-31/h4-5,7-10,13-17,30-31H,6,11-12,18H2,1-3H3. The van der Waals surface area contributed by atoms with Crippen molar-refractivity contribution in [1.82, 2.24) is 0 Å². The Morgan fingerprint density at radius 2 is 1.49 bits per heavy atom. The number of hydrogen-bond donors (Lipinski definition) is 0. The molecule has 0 N–H and O–H groups in total. The summed E-state index contributed by atoms with van der Waals surface area (Å²) in [7, 11) is 4.95. The molecule has 0 radical (unpaired) electrons. The minimum absolute atomic E-state index is 0.0625. The Labute approximate surface area is 241 Å². The molecule has 2 aliphatic rings. The van der Waals surface area contributed by atoms with E-state index in [1.54, 1.807) is 21.3 Å². The smallest absolute Gasteiger partial charge is 0.231 e. The van der Waals surface area contributed by atoms with Crippen LogP contribution in [-0.4, -0.2) is 39.6 Å². The molecule has 0 spiro atoms. The van der Waals surface area contributed by atoms with Gasteiger partial charge in [-0.05, 0) is 81.8 Å². The maximum absolute atomic E-state index is 5.89. The Balaban J connectivity index is 1.53. The number of hydrogen-bond acceptors (Lipinski definition) is 8. The number of thioether (sulfide) groups is 3. The fourth-order valence-electron chi connectivity index (χ4n) is 5.01. The van der Waals surface area contributed by atoms with E-state index in [1.165, 1.54) is 33.2 Å². The average Bonchev–Trinajstić information content (AvgIpc) is 3.46. The van der Waals surface area contributed by atoms with Crippen molar-refractivity contribution in [2.24, 2.45) is 0 Å². The molecule has 5 nitrogen and oxygen atoms in total. The lowest BCUT2D eigenvalue weighted by atomic mass is 9.98. The molecular formula is C31H30O5S3. The molecule has 8 heteroatoms. The highest BCUT2D eigenvalue weighted by Gasteiger charge is 2.30. The molecule has 0 aromatic heterocycles. The minimum Gasteiger partial charge on any atom is -0.493 e. The molecular weight excluding hydrogens is 549 g/mol. The van der Waals surface area contributed by atoms with Crippen molar-refractivity contribution in [2.45, 2.75) is 21.1 Å². The molecule has 39 heavy (non-hydrogen) atoms. The van der Waals surface area contributed by atoms with E-state index in [-0.39, 0.29) is 12.0 Å². The Morgan fingerprint density at radius 3 is 2.18 bits per heavy atom. The topological polar surface area (TPSA) is 46.2 Å². The quantitative estimate of drug-likeness (QED) is 0.193. The summed E-state index contributed by atoms with van der Waals surface area (Å²) in [4.78, 5) is 1.18. The molecule has 2 heterocycles. The van der Waals surface area contributed by atoms with Crippen LogP contribution in [0, 0.1) is 0 Å². The van der Waals surface area contributed by atoms with Crippen LogP contribution in [-0.2, 0) is 0 Å². The van der Waals surface area contributed by atoms with Crippen LogP contribution < -0.4 is 23.7 Å². The van der Waals surface area contributed by atoms with Crippen LogP contribution in [0.2, 0.25) is 0 Å². The van der Waals surface area contributed by atoms with Gasteiger partial charge in [-0.2, -0.15) is 0 Å². The molecule has 6 rings (SSSR count). The van der Waals surface area contributed by atoms with E-state index in [2.05, 4.69) is 66.7 Å². The van der Waals surface area contributed by atoms with Gasteiger partial charge in [-0.25, -0.2) is 0 Å². The number of benzene rings is 4. The summed E-state index contributed by atoms with van der Waals surface area (Å²) in [5.41, 5.74) is 3.55. The van der Waals surface area contributed by atoms with Gasteiger partial charge in [0, 0.05) is 4.90 Å². The van der Waals surface area contributed by atoms with Gasteiger partial charge >= 0.3 is 0 Å². The van der Waals surface area contributed by atoms with Crippen LogP contribution in [0.3, 0.4) is 0 Å². The maximum Gasteiger partial charge on any atom is 0.231 e. The fraction of sp³-hybridized carbons (Fsp3) is 0.290. The minimum atomic E-state index is -0.0625. The van der Waals surface area contributed by atoms with E-state index < -0.39 is 0 Å². The summed E-state index contributed by atoms with van der Waals surface area (Å²) in [6.07, 6.45) is 1.23. The third kappa shape index (κ3) is 5.34. The lowest BCUT2D eigenvalue weighted by molar-refractivity contribution is 0.174. The SMILES string of the molecule is COc1cc(C(Sc2ccc3ccccc3c2)c2cc3c(cc2C2SCCCS2)OCO3)cc(OC)c1OC. The molecule has 2 aliphatic heterocycles. The van der Waals surface area contributed by atoms with Gasteiger partial charge < -0.3 is 23.7 Å². The Morgan fingerprint density at radius 1 is 0.795 bits per heavy atom. The molecule has 1 saturated heterocycles. The van der Waals surface area contributed by atoms with E-state index in [4.69, 9.17) is 23.7 Å². The average molecular weight is 579 g/mol. The van der Waals surface area contributed by atoms with Crippen LogP contribution >= 0.6 is 35.3 Å². The van der Waals surface area contributed by atoms with Crippen molar-refractivity contribution in [3.63, 3.8) is 0 Å². The van der Waals surface area contributed by atoms with Crippen molar-refractivity contribution >= 4 is 46.1 Å². The van der Waals surface area contributed by atoms with Gasteiger partial charge in [0.25, 0.3) is 0 Å². The zero-order valence-corrected chi connectivity index (χ0v) is 24.5. The summed E-state index contributed by atoms with van der Waals surface area (Å²) in [6.45, 7) is 0.246. The predicted octanol–water partition coefficient (Wildman–Crippen LogP) is 8.34. The van der Waals surface area contributed by atoms with Crippen LogP contribution in [0.25, 0.3) is 10.8 Å². The largest absolute Gasteiger partial charge is 0.493 e. The fourth-order valence-corrected chi connectivity index (χ4v) is 9.19. The van der Waals surface area contributed by atoms with Crippen molar-refractivity contribution in [3.05, 3.63) is 83.4 Å². The summed E-state index contributed by atoms with van der Waals surface area (Å²) >= 11 is 5.83. The first kappa shape index (κ1) is 26.4. The Bertz CT molecular complexity index is 1460. The van der Waals surface area contributed by atoms with Crippen LogP contribution in [0.1, 0.15) is 32.9 Å². The number of rotatable bonds is 8. The normalized spacial score (nSPS) is 15.8. The van der Waals surface area contributed by atoms with Crippen molar-refractivity contribution in [1.29, 1.82) is 0 Å². The number of fused-ring (bicyclic) bond motifs is 2. The van der Waals surface area contributed by atoms with Crippen LogP contribution in [0.15, 0.2) is 71.6 Å². The molecule has 4 aromatic carbocycles. The van der Waals surface area contributed by atoms with E-state index in [0.717, 1.165) is 28.6 Å². The molecule has 202 valence electrons. The highest BCUT2D eigenvalue weighted by atomic mass is 32.2. The van der Waals surface area contributed by atoms with Crippen molar-refractivity contribution in [2.75, 3.05) is 39.6 Å². The Hall–Kier alpha value is -2.81. The van der Waals surface area contributed by atoms with Gasteiger partial charge in [-0.3, -0.25) is 0 Å². The van der Waals surface area contributed by atoms with Crippen molar-refractivity contribution < 1.29 is 23.7 Å². The summed E-state index contributed by atoms with van der Waals surface area (Å²) in [5.74, 6) is 5.77. The molecule has 0 saturated carbocycles. The number of ether oxygens (including phenoxy) is 5. The molecule has 0 aliphatic carbocycles. The van der Waals surface area contributed by atoms with Gasteiger partial charge in [-0.15, -0.1) is 35.3 Å². The van der Waals surface area contributed by atoms with Crippen LogP contribution in [0.4, 0.5) is 0 Å². The first-order chi connectivity index (χ1) is 19.2. The monoisotopic (exact) mass is 578 g/mol. The van der Waals surface area contributed by atoms with Crippen molar-refractivity contribution in [3.8, 4) is 28.7 Å². The van der Waals surface area contributed by atoms with Gasteiger partial charge in [0.05, 0.1) is 31.2 Å². The zero-order valence-electron chi connectivity index (χ0n) is 22.1. The third-order valence-electron chi connectivity index (χ3n) is 6.91. The van der Waals surface area contributed by atoms with Gasteiger partial charge in [-0.1, -0.05) is 30.3 Å². The molecule has 4 aromatic rings. The van der Waals surface area contributed by atoms with Gasteiger partial charge in [0.1, 0.15) is 0 Å². The molecule has 0 amide bonds. The lowest BCUT2D eigenvalue weighted by Gasteiger charge is -2.28. The molecule has 1 fully saturated rings. The number of methoxy groups -OCH3 is 3. The summed E-state index contributed by atoms with van der Waals surface area (Å²) in [6, 6.07) is 23.6. The third-order valence-corrected chi connectivity index (χ3v) is 11.2. The van der Waals surface area contributed by atoms with Gasteiger partial charge in [0.15, 0.2) is 23.0 Å². The van der Waals surface area contributed by atoms with E-state index >= 15 is 0 Å².